The maximum absolute atomic E-state index is 13.0. The molecule has 1 aliphatic heterocycles. The van der Waals surface area contributed by atoms with E-state index in [1.807, 2.05) is 36.4 Å². The van der Waals surface area contributed by atoms with Crippen LogP contribution in [-0.4, -0.2) is 50.4 Å². The molecule has 0 unspecified atom stereocenters. The van der Waals surface area contributed by atoms with Crippen molar-refractivity contribution in [3.05, 3.63) is 90.3 Å². The molecule has 1 saturated heterocycles. The number of hydrogen-bond acceptors (Lipinski definition) is 5. The molecule has 178 valence electrons. The van der Waals surface area contributed by atoms with Crippen LogP contribution in [0, 0.1) is 0 Å². The van der Waals surface area contributed by atoms with Crippen LogP contribution in [0.4, 0.5) is 5.69 Å². The topological polar surface area (TPSA) is 101 Å². The van der Waals surface area contributed by atoms with Crippen LogP contribution in [0.3, 0.4) is 0 Å². The Labute approximate surface area is 200 Å². The van der Waals surface area contributed by atoms with Gasteiger partial charge in [-0.15, -0.1) is 0 Å². The van der Waals surface area contributed by atoms with Gasteiger partial charge in [0.1, 0.15) is 5.75 Å². The summed E-state index contributed by atoms with van der Waals surface area (Å²) >= 11 is 0. The predicted molar refractivity (Wildman–Crippen MR) is 131 cm³/mol. The molecule has 1 amide bonds. The molecule has 0 aliphatic carbocycles. The van der Waals surface area contributed by atoms with Gasteiger partial charge in [0.15, 0.2) is 0 Å². The van der Waals surface area contributed by atoms with Gasteiger partial charge in [0, 0.05) is 37.4 Å². The molecule has 0 bridgehead atoms. The van der Waals surface area contributed by atoms with Gasteiger partial charge in [-0.25, -0.2) is 0 Å². The number of pyridine rings is 1. The number of amides is 1. The Balaban J connectivity index is 1.50. The quantitative estimate of drug-likeness (QED) is 0.516. The van der Waals surface area contributed by atoms with E-state index in [2.05, 4.69) is 15.0 Å². The lowest BCUT2D eigenvalue weighted by atomic mass is 9.73. The Bertz CT molecular complexity index is 1210. The highest BCUT2D eigenvalue weighted by atomic mass is 32.2. The summed E-state index contributed by atoms with van der Waals surface area (Å²) in [5, 5.41) is 3.07. The Morgan fingerprint density at radius 3 is 2.32 bits per heavy atom. The fourth-order valence-electron chi connectivity index (χ4n) is 4.32. The molecule has 0 atom stereocenters. The van der Waals surface area contributed by atoms with Crippen molar-refractivity contribution in [2.45, 2.75) is 18.3 Å². The summed E-state index contributed by atoms with van der Waals surface area (Å²) in [6.45, 7) is 1.05. The molecule has 0 radical (unpaired) electrons. The van der Waals surface area contributed by atoms with Gasteiger partial charge in [-0.05, 0) is 42.7 Å². The lowest BCUT2D eigenvalue weighted by molar-refractivity contribution is 0.0930. The average molecular weight is 481 g/mol. The molecule has 1 aliphatic rings. The monoisotopic (exact) mass is 480 g/mol. The van der Waals surface area contributed by atoms with Crippen molar-refractivity contribution in [3.63, 3.8) is 0 Å². The number of hydrogen-bond donors (Lipinski definition) is 2. The molecule has 1 aromatic heterocycles. The zero-order valence-electron chi connectivity index (χ0n) is 19.0. The summed E-state index contributed by atoms with van der Waals surface area (Å²) in [4.78, 5) is 16.9. The van der Waals surface area contributed by atoms with E-state index in [9.17, 15) is 13.2 Å². The largest absolute Gasteiger partial charge is 0.496 e. The molecular weight excluding hydrogens is 452 g/mol. The minimum absolute atomic E-state index is 0.220. The second kappa shape index (κ2) is 10.2. The van der Waals surface area contributed by atoms with Crippen LogP contribution in [0.15, 0.2) is 79.1 Å². The first-order valence-electron chi connectivity index (χ1n) is 11.1. The number of benzene rings is 2. The highest BCUT2D eigenvalue weighted by Gasteiger charge is 2.39. The van der Waals surface area contributed by atoms with Crippen LogP contribution in [0.1, 0.15) is 28.8 Å². The lowest BCUT2D eigenvalue weighted by Crippen LogP contribution is -2.51. The third-order valence-electron chi connectivity index (χ3n) is 6.27. The number of anilines is 1. The highest BCUT2D eigenvalue weighted by molar-refractivity contribution is 7.90. The standard InChI is InChI=1S/C25H28N4O4S/c1-33-23-10-6-5-9-22(23)24(30)27-19-25(20-7-3-2-4-8-20)13-17-29(18-14-25)34(31,32)28-21-11-15-26-16-12-21/h2-12,15-16H,13-14,17-19H2,1H3,(H,26,28)(H,27,30). The van der Waals surface area contributed by atoms with Gasteiger partial charge in [0.05, 0.1) is 18.4 Å². The summed E-state index contributed by atoms with van der Waals surface area (Å²) in [6.07, 6.45) is 4.22. The van der Waals surface area contributed by atoms with E-state index in [-0.39, 0.29) is 11.3 Å². The van der Waals surface area contributed by atoms with Crippen molar-refractivity contribution < 1.29 is 17.9 Å². The number of rotatable bonds is 8. The third kappa shape index (κ3) is 5.21. The molecule has 3 aromatic rings. The first-order valence-corrected chi connectivity index (χ1v) is 12.5. The van der Waals surface area contributed by atoms with E-state index in [1.54, 1.807) is 42.7 Å². The van der Waals surface area contributed by atoms with Gasteiger partial charge >= 0.3 is 10.2 Å². The molecule has 0 saturated carbocycles. The zero-order chi connectivity index (χ0) is 24.0. The normalized spacial score (nSPS) is 15.9. The smallest absolute Gasteiger partial charge is 0.301 e. The first kappa shape index (κ1) is 23.7. The molecule has 1 fully saturated rings. The summed E-state index contributed by atoms with van der Waals surface area (Å²) < 4.78 is 35.3. The van der Waals surface area contributed by atoms with E-state index in [1.165, 1.54) is 11.4 Å². The van der Waals surface area contributed by atoms with E-state index in [0.717, 1.165) is 5.56 Å². The number of ether oxygens (including phenoxy) is 1. The lowest BCUT2D eigenvalue weighted by Gasteiger charge is -2.41. The van der Waals surface area contributed by atoms with Crippen LogP contribution in [0.2, 0.25) is 0 Å². The van der Waals surface area contributed by atoms with Crippen LogP contribution >= 0.6 is 0 Å². The number of piperidine rings is 1. The van der Waals surface area contributed by atoms with Crippen LogP contribution in [-0.2, 0) is 15.6 Å². The number of nitrogens with zero attached hydrogens (tertiary/aromatic N) is 2. The van der Waals surface area contributed by atoms with Crippen molar-refractivity contribution >= 4 is 21.8 Å². The fourth-order valence-corrected chi connectivity index (χ4v) is 5.55. The van der Waals surface area contributed by atoms with E-state index in [0.29, 0.717) is 49.5 Å². The second-order valence-electron chi connectivity index (χ2n) is 8.27. The van der Waals surface area contributed by atoms with Crippen molar-refractivity contribution in [1.82, 2.24) is 14.6 Å². The van der Waals surface area contributed by atoms with Crippen LogP contribution in [0.25, 0.3) is 0 Å². The number of nitrogens with one attached hydrogen (secondary N) is 2. The Morgan fingerprint density at radius 2 is 1.65 bits per heavy atom. The third-order valence-corrected chi connectivity index (χ3v) is 7.81. The summed E-state index contributed by atoms with van der Waals surface area (Å²) in [7, 11) is -2.16. The molecule has 2 heterocycles. The minimum Gasteiger partial charge on any atom is -0.496 e. The molecule has 34 heavy (non-hydrogen) atoms. The van der Waals surface area contributed by atoms with E-state index >= 15 is 0 Å². The first-order chi connectivity index (χ1) is 16.4. The van der Waals surface area contributed by atoms with E-state index in [4.69, 9.17) is 4.74 Å². The van der Waals surface area contributed by atoms with Gasteiger partial charge in [-0.2, -0.15) is 12.7 Å². The number of methoxy groups -OCH3 is 1. The number of para-hydroxylation sites is 1. The molecule has 0 spiro atoms. The van der Waals surface area contributed by atoms with Gasteiger partial charge in [0.25, 0.3) is 5.91 Å². The molecular formula is C25H28N4O4S. The van der Waals surface area contributed by atoms with Gasteiger partial charge in [-0.1, -0.05) is 42.5 Å². The fraction of sp³-hybridized carbons (Fsp3) is 0.280. The number of carbonyl (C=O) groups excluding carboxylic acids is 1. The number of aromatic nitrogens is 1. The predicted octanol–water partition coefficient (Wildman–Crippen LogP) is 3.21. The van der Waals surface area contributed by atoms with Gasteiger partial charge < -0.3 is 10.1 Å². The Hall–Kier alpha value is -3.43. The van der Waals surface area contributed by atoms with Crippen molar-refractivity contribution in [1.29, 1.82) is 0 Å². The highest BCUT2D eigenvalue weighted by Crippen LogP contribution is 2.36. The van der Waals surface area contributed by atoms with Crippen molar-refractivity contribution in [2.24, 2.45) is 0 Å². The SMILES string of the molecule is COc1ccccc1C(=O)NCC1(c2ccccc2)CCN(S(=O)(=O)Nc2ccncc2)CC1. The van der Waals surface area contributed by atoms with E-state index < -0.39 is 10.2 Å². The zero-order valence-corrected chi connectivity index (χ0v) is 19.8. The van der Waals surface area contributed by atoms with Crippen molar-refractivity contribution in [3.8, 4) is 5.75 Å². The Kier molecular flexibility index (Phi) is 7.14. The molecule has 8 nitrogen and oxygen atoms in total. The average Bonchev–Trinajstić information content (AvgIpc) is 2.88. The summed E-state index contributed by atoms with van der Waals surface area (Å²) in [6, 6.07) is 20.3. The maximum Gasteiger partial charge on any atom is 0.301 e. The molecule has 9 heteroatoms. The molecule has 2 aromatic carbocycles. The molecule has 2 N–H and O–H groups in total. The summed E-state index contributed by atoms with van der Waals surface area (Å²) in [5.74, 6) is 0.291. The Morgan fingerprint density at radius 1 is 1.00 bits per heavy atom. The van der Waals surface area contributed by atoms with Gasteiger partial charge in [0.2, 0.25) is 0 Å². The van der Waals surface area contributed by atoms with Crippen molar-refractivity contribution in [2.75, 3.05) is 31.5 Å². The second-order valence-corrected chi connectivity index (χ2v) is 9.94. The minimum atomic E-state index is -3.70. The van der Waals surface area contributed by atoms with Crippen LogP contribution < -0.4 is 14.8 Å². The number of carbonyl (C=O) groups is 1. The van der Waals surface area contributed by atoms with Crippen LogP contribution in [0.5, 0.6) is 5.75 Å². The molecule has 4 rings (SSSR count). The van der Waals surface area contributed by atoms with Gasteiger partial charge in [-0.3, -0.25) is 14.5 Å². The maximum atomic E-state index is 13.0. The summed E-state index contributed by atoms with van der Waals surface area (Å²) in [5.41, 5.74) is 1.63.